The number of nitrogen functional groups attached to an aromatic ring is 1. The van der Waals surface area contributed by atoms with Crippen LogP contribution in [-0.4, -0.2) is 36.4 Å². The fourth-order valence-corrected chi connectivity index (χ4v) is 3.72. The standard InChI is InChI=1S/C21H28ClN5O/c1-13(2)28-26-12-19-20(27-6-4-17(23)5-7-27)18(11-25-21(19)24)15-8-14(3)9-16(22)10-15/h8-13,17H,4-7,23H2,1-3H3,(H2,24,25). The Morgan fingerprint density at radius 1 is 1.29 bits per heavy atom. The molecule has 1 aromatic carbocycles. The number of aromatic nitrogens is 1. The van der Waals surface area contributed by atoms with Crippen molar-refractivity contribution in [2.75, 3.05) is 23.7 Å². The third-order valence-corrected chi connectivity index (χ3v) is 5.00. The molecule has 7 heteroatoms. The van der Waals surface area contributed by atoms with Crippen molar-refractivity contribution < 1.29 is 4.84 Å². The zero-order valence-corrected chi connectivity index (χ0v) is 17.4. The third-order valence-electron chi connectivity index (χ3n) is 4.78. The van der Waals surface area contributed by atoms with Crippen molar-refractivity contribution in [1.82, 2.24) is 4.98 Å². The number of hydrogen-bond donors (Lipinski definition) is 2. The molecule has 0 bridgehead atoms. The summed E-state index contributed by atoms with van der Waals surface area (Å²) in [6.45, 7) is 7.58. The number of benzene rings is 1. The lowest BCUT2D eigenvalue weighted by Gasteiger charge is -2.34. The van der Waals surface area contributed by atoms with Crippen LogP contribution in [-0.2, 0) is 4.84 Å². The highest BCUT2D eigenvalue weighted by Crippen LogP contribution is 2.37. The molecule has 1 aliphatic heterocycles. The topological polar surface area (TPSA) is 89.8 Å². The summed E-state index contributed by atoms with van der Waals surface area (Å²) in [6, 6.07) is 6.22. The Morgan fingerprint density at radius 3 is 2.64 bits per heavy atom. The molecule has 0 radical (unpaired) electrons. The maximum Gasteiger partial charge on any atom is 0.134 e. The number of anilines is 2. The van der Waals surface area contributed by atoms with Gasteiger partial charge in [0.2, 0.25) is 0 Å². The molecule has 28 heavy (non-hydrogen) atoms. The lowest BCUT2D eigenvalue weighted by molar-refractivity contribution is 0.0874. The van der Waals surface area contributed by atoms with Gasteiger partial charge in [0.15, 0.2) is 0 Å². The van der Waals surface area contributed by atoms with Crippen molar-refractivity contribution in [3.05, 3.63) is 40.5 Å². The van der Waals surface area contributed by atoms with Crippen LogP contribution in [0, 0.1) is 6.92 Å². The van der Waals surface area contributed by atoms with Crippen LogP contribution in [0.2, 0.25) is 5.02 Å². The van der Waals surface area contributed by atoms with Crippen LogP contribution in [0.25, 0.3) is 11.1 Å². The van der Waals surface area contributed by atoms with E-state index in [1.165, 1.54) is 0 Å². The van der Waals surface area contributed by atoms with Gasteiger partial charge in [0.1, 0.15) is 11.9 Å². The van der Waals surface area contributed by atoms with E-state index in [1.54, 1.807) is 6.21 Å². The summed E-state index contributed by atoms with van der Waals surface area (Å²) in [4.78, 5) is 12.1. The van der Waals surface area contributed by atoms with Crippen molar-refractivity contribution in [3.8, 4) is 11.1 Å². The number of oxime groups is 1. The minimum atomic E-state index is -0.0133. The SMILES string of the molecule is Cc1cc(Cl)cc(-c2cnc(N)c(C=NOC(C)C)c2N2CCC(N)CC2)c1. The number of rotatable bonds is 5. The Balaban J connectivity index is 2.14. The predicted octanol–water partition coefficient (Wildman–Crippen LogP) is 3.98. The van der Waals surface area contributed by atoms with Crippen LogP contribution in [0.5, 0.6) is 0 Å². The Bertz CT molecular complexity index is 840. The van der Waals surface area contributed by atoms with Gasteiger partial charge in [0.25, 0.3) is 0 Å². The number of halogens is 1. The number of aryl methyl sites for hydroxylation is 1. The van der Waals surface area contributed by atoms with Gasteiger partial charge in [-0.25, -0.2) is 4.98 Å². The molecule has 4 N–H and O–H groups in total. The van der Waals surface area contributed by atoms with E-state index in [0.717, 1.165) is 53.9 Å². The number of nitrogens with two attached hydrogens (primary N) is 2. The molecule has 1 fully saturated rings. The summed E-state index contributed by atoms with van der Waals surface area (Å²) in [5, 5.41) is 4.81. The molecule has 0 saturated carbocycles. The Labute approximate surface area is 171 Å². The van der Waals surface area contributed by atoms with Crippen LogP contribution in [0.4, 0.5) is 11.5 Å². The molecule has 0 unspecified atom stereocenters. The summed E-state index contributed by atoms with van der Waals surface area (Å²) in [5.41, 5.74) is 17.2. The Morgan fingerprint density at radius 2 is 2.00 bits per heavy atom. The van der Waals surface area contributed by atoms with Gasteiger partial charge in [-0.3, -0.25) is 0 Å². The highest BCUT2D eigenvalue weighted by atomic mass is 35.5. The highest BCUT2D eigenvalue weighted by molar-refractivity contribution is 6.31. The van der Waals surface area contributed by atoms with E-state index in [4.69, 9.17) is 27.9 Å². The van der Waals surface area contributed by atoms with Gasteiger partial charge in [0.05, 0.1) is 17.5 Å². The number of pyridine rings is 1. The van der Waals surface area contributed by atoms with E-state index in [2.05, 4.69) is 21.1 Å². The predicted molar refractivity (Wildman–Crippen MR) is 117 cm³/mol. The summed E-state index contributed by atoms with van der Waals surface area (Å²) in [6.07, 6.45) is 5.31. The zero-order valence-electron chi connectivity index (χ0n) is 16.7. The lowest BCUT2D eigenvalue weighted by atomic mass is 9.97. The van der Waals surface area contributed by atoms with Crippen molar-refractivity contribution in [3.63, 3.8) is 0 Å². The van der Waals surface area contributed by atoms with Gasteiger partial charge in [-0.15, -0.1) is 0 Å². The molecule has 1 saturated heterocycles. The Hall–Kier alpha value is -2.31. The molecule has 0 aliphatic carbocycles. The first kappa shape index (κ1) is 20.4. The third kappa shape index (κ3) is 4.75. The van der Waals surface area contributed by atoms with Gasteiger partial charge < -0.3 is 21.2 Å². The van der Waals surface area contributed by atoms with Gasteiger partial charge in [-0.1, -0.05) is 22.8 Å². The minimum Gasteiger partial charge on any atom is -0.393 e. The molecule has 2 aromatic rings. The van der Waals surface area contributed by atoms with Gasteiger partial charge in [-0.05, 0) is 56.9 Å². The number of nitrogens with zero attached hydrogens (tertiary/aromatic N) is 3. The summed E-state index contributed by atoms with van der Waals surface area (Å²) in [5.74, 6) is 0.420. The molecule has 150 valence electrons. The molecule has 0 amide bonds. The Kier molecular flexibility index (Phi) is 6.42. The zero-order chi connectivity index (χ0) is 20.3. The number of hydrogen-bond acceptors (Lipinski definition) is 6. The second-order valence-corrected chi connectivity index (χ2v) is 7.99. The van der Waals surface area contributed by atoms with Crippen LogP contribution >= 0.6 is 11.6 Å². The van der Waals surface area contributed by atoms with Crippen molar-refractivity contribution in [1.29, 1.82) is 0 Å². The molecule has 3 rings (SSSR count). The maximum atomic E-state index is 6.33. The molecule has 0 spiro atoms. The first-order valence-electron chi connectivity index (χ1n) is 9.61. The maximum absolute atomic E-state index is 6.33. The van der Waals surface area contributed by atoms with Crippen LogP contribution in [0.1, 0.15) is 37.8 Å². The summed E-state index contributed by atoms with van der Waals surface area (Å²) >= 11 is 6.33. The van der Waals surface area contributed by atoms with E-state index >= 15 is 0 Å². The fraction of sp³-hybridized carbons (Fsp3) is 0.429. The average molecular weight is 402 g/mol. The van der Waals surface area contributed by atoms with E-state index in [0.29, 0.717) is 10.8 Å². The fourth-order valence-electron chi connectivity index (χ4n) is 3.43. The molecule has 2 heterocycles. The summed E-state index contributed by atoms with van der Waals surface area (Å²) in [7, 11) is 0. The second kappa shape index (κ2) is 8.80. The smallest absolute Gasteiger partial charge is 0.134 e. The largest absolute Gasteiger partial charge is 0.393 e. The average Bonchev–Trinajstić information content (AvgIpc) is 2.62. The highest BCUT2D eigenvalue weighted by Gasteiger charge is 2.24. The van der Waals surface area contributed by atoms with Gasteiger partial charge >= 0.3 is 0 Å². The first-order chi connectivity index (χ1) is 13.3. The number of piperidine rings is 1. The molecule has 1 aliphatic rings. The lowest BCUT2D eigenvalue weighted by Crippen LogP contribution is -2.40. The normalized spacial score (nSPS) is 15.6. The van der Waals surface area contributed by atoms with E-state index in [1.807, 2.05) is 39.1 Å². The minimum absolute atomic E-state index is 0.0133. The molecule has 6 nitrogen and oxygen atoms in total. The molecular weight excluding hydrogens is 374 g/mol. The van der Waals surface area contributed by atoms with Crippen molar-refractivity contribution in [2.24, 2.45) is 10.9 Å². The van der Waals surface area contributed by atoms with Crippen LogP contribution in [0.3, 0.4) is 0 Å². The van der Waals surface area contributed by atoms with Gasteiger partial charge in [-0.2, -0.15) is 0 Å². The quantitative estimate of drug-likeness (QED) is 0.584. The molecular formula is C21H28ClN5O. The molecule has 1 aromatic heterocycles. The van der Waals surface area contributed by atoms with Crippen molar-refractivity contribution >= 4 is 29.3 Å². The first-order valence-corrected chi connectivity index (χ1v) is 9.98. The van der Waals surface area contributed by atoms with Crippen molar-refractivity contribution in [2.45, 2.75) is 45.8 Å². The second-order valence-electron chi connectivity index (χ2n) is 7.55. The molecule has 0 atom stereocenters. The van der Waals surface area contributed by atoms with E-state index in [-0.39, 0.29) is 12.1 Å². The van der Waals surface area contributed by atoms with E-state index < -0.39 is 0 Å². The van der Waals surface area contributed by atoms with Gasteiger partial charge in [0, 0.05) is 35.9 Å². The summed E-state index contributed by atoms with van der Waals surface area (Å²) < 4.78 is 0. The van der Waals surface area contributed by atoms with Crippen LogP contribution in [0.15, 0.2) is 29.6 Å². The van der Waals surface area contributed by atoms with E-state index in [9.17, 15) is 0 Å². The van der Waals surface area contributed by atoms with Crippen LogP contribution < -0.4 is 16.4 Å². The monoisotopic (exact) mass is 401 g/mol.